The molecule has 2 amide bonds. The van der Waals surface area contributed by atoms with E-state index in [0.29, 0.717) is 12.5 Å². The van der Waals surface area contributed by atoms with Crippen LogP contribution in [0.4, 0.5) is 4.79 Å². The van der Waals surface area contributed by atoms with Crippen LogP contribution in [-0.2, 0) is 4.79 Å². The lowest BCUT2D eigenvalue weighted by atomic mass is 9.98. The number of carboxylic acid groups (broad SMARTS) is 1. The van der Waals surface area contributed by atoms with Crippen molar-refractivity contribution < 1.29 is 14.7 Å². The van der Waals surface area contributed by atoms with Crippen LogP contribution in [0.5, 0.6) is 0 Å². The van der Waals surface area contributed by atoms with Crippen molar-refractivity contribution in [3.8, 4) is 0 Å². The lowest BCUT2D eigenvalue weighted by molar-refractivity contribution is -0.140. The van der Waals surface area contributed by atoms with Crippen molar-refractivity contribution in [3.63, 3.8) is 0 Å². The van der Waals surface area contributed by atoms with Gasteiger partial charge < -0.3 is 20.6 Å². The van der Waals surface area contributed by atoms with Gasteiger partial charge in [-0.1, -0.05) is 20.3 Å². The summed E-state index contributed by atoms with van der Waals surface area (Å²) in [6.07, 6.45) is 2.50. The molecule has 0 aromatic heterocycles. The fourth-order valence-corrected chi connectivity index (χ4v) is 2.47. The smallest absolute Gasteiger partial charge is 0.326 e. The molecule has 2 unspecified atom stereocenters. The van der Waals surface area contributed by atoms with Gasteiger partial charge in [-0.2, -0.15) is 0 Å². The Morgan fingerprint density at radius 2 is 2.10 bits per heavy atom. The van der Waals surface area contributed by atoms with Gasteiger partial charge in [-0.25, -0.2) is 9.59 Å². The third-order valence-corrected chi connectivity index (χ3v) is 4.31. The van der Waals surface area contributed by atoms with Crippen LogP contribution in [0.1, 0.15) is 40.0 Å². The zero-order chi connectivity index (χ0) is 15.3. The number of nitrogens with zero attached hydrogens (tertiary/aromatic N) is 1. The Morgan fingerprint density at radius 3 is 2.60 bits per heavy atom. The molecule has 1 saturated heterocycles. The molecule has 0 spiro atoms. The number of likely N-dealkylation sites (tertiary alicyclic amines) is 1. The first-order valence-electron chi connectivity index (χ1n) is 7.35. The van der Waals surface area contributed by atoms with Crippen LogP contribution < -0.4 is 10.6 Å². The van der Waals surface area contributed by atoms with E-state index in [9.17, 15) is 9.59 Å². The number of aliphatic carboxylic acids is 1. The number of nitrogens with one attached hydrogen (secondary N) is 2. The van der Waals surface area contributed by atoms with E-state index in [0.717, 1.165) is 19.4 Å². The molecule has 1 aliphatic heterocycles. The Morgan fingerprint density at radius 1 is 1.45 bits per heavy atom. The SMILES string of the molecule is CC[C@H](C)[C@H](NC(=O)NC1CCN(C)C(C)C1)C(=O)O. The minimum absolute atomic E-state index is 0.0883. The summed E-state index contributed by atoms with van der Waals surface area (Å²) in [7, 11) is 2.07. The standard InChI is InChI=1S/C14H27N3O3/c1-5-9(2)12(13(18)19)16-14(20)15-11-6-7-17(4)10(3)8-11/h9-12H,5-8H2,1-4H3,(H,18,19)(H2,15,16,20)/t9-,10?,11?,12-/m0/s1. The molecule has 1 rings (SSSR count). The van der Waals surface area contributed by atoms with Crippen molar-refractivity contribution in [1.29, 1.82) is 0 Å². The van der Waals surface area contributed by atoms with E-state index in [-0.39, 0.29) is 18.0 Å². The van der Waals surface area contributed by atoms with Crippen LogP contribution in [-0.4, -0.2) is 53.7 Å². The molecular formula is C14H27N3O3. The van der Waals surface area contributed by atoms with E-state index in [1.54, 1.807) is 0 Å². The largest absolute Gasteiger partial charge is 0.480 e. The number of carbonyl (C=O) groups is 2. The number of urea groups is 1. The van der Waals surface area contributed by atoms with Gasteiger partial charge in [0.25, 0.3) is 0 Å². The topological polar surface area (TPSA) is 81.7 Å². The first-order chi connectivity index (χ1) is 9.35. The average molecular weight is 285 g/mol. The molecule has 6 nitrogen and oxygen atoms in total. The maximum atomic E-state index is 11.9. The van der Waals surface area contributed by atoms with Crippen LogP contribution >= 0.6 is 0 Å². The van der Waals surface area contributed by atoms with Gasteiger partial charge in [0.2, 0.25) is 0 Å². The molecule has 0 aromatic rings. The van der Waals surface area contributed by atoms with Crippen LogP contribution in [0.2, 0.25) is 0 Å². The second-order valence-electron chi connectivity index (χ2n) is 5.87. The number of rotatable bonds is 5. The Bertz CT molecular complexity index is 349. The first-order valence-corrected chi connectivity index (χ1v) is 7.35. The summed E-state index contributed by atoms with van der Waals surface area (Å²) in [6, 6.07) is -0.658. The molecule has 1 fully saturated rings. The highest BCUT2D eigenvalue weighted by Crippen LogP contribution is 2.15. The minimum Gasteiger partial charge on any atom is -0.480 e. The van der Waals surface area contributed by atoms with Crippen LogP contribution in [0.15, 0.2) is 0 Å². The Hall–Kier alpha value is -1.30. The lowest BCUT2D eigenvalue weighted by Crippen LogP contribution is -2.54. The molecule has 116 valence electrons. The molecule has 0 aromatic carbocycles. The van der Waals surface area contributed by atoms with E-state index in [4.69, 9.17) is 5.11 Å². The summed E-state index contributed by atoms with van der Waals surface area (Å²) >= 11 is 0. The summed E-state index contributed by atoms with van der Waals surface area (Å²) in [5, 5.41) is 14.6. The van der Waals surface area contributed by atoms with E-state index in [1.807, 2.05) is 13.8 Å². The number of piperidine rings is 1. The quantitative estimate of drug-likeness (QED) is 0.710. The third-order valence-electron chi connectivity index (χ3n) is 4.31. The molecule has 0 aliphatic carbocycles. The summed E-state index contributed by atoms with van der Waals surface area (Å²) < 4.78 is 0. The Balaban J connectivity index is 2.48. The van der Waals surface area contributed by atoms with Gasteiger partial charge in [0, 0.05) is 18.6 Å². The normalized spacial score (nSPS) is 26.6. The van der Waals surface area contributed by atoms with Crippen molar-refractivity contribution in [2.24, 2.45) is 5.92 Å². The summed E-state index contributed by atoms with van der Waals surface area (Å²) in [6.45, 7) is 6.82. The number of carbonyl (C=O) groups excluding carboxylic acids is 1. The highest BCUT2D eigenvalue weighted by atomic mass is 16.4. The third kappa shape index (κ3) is 4.67. The van der Waals surface area contributed by atoms with Crippen LogP contribution in [0, 0.1) is 5.92 Å². The van der Waals surface area contributed by atoms with Crippen molar-refractivity contribution in [2.45, 2.75) is 58.2 Å². The molecule has 1 heterocycles. The predicted octanol–water partition coefficient (Wildman–Crippen LogP) is 1.27. The number of hydrogen-bond donors (Lipinski definition) is 3. The fraction of sp³-hybridized carbons (Fsp3) is 0.857. The average Bonchev–Trinajstić information content (AvgIpc) is 2.39. The Kier molecular flexibility index (Phi) is 6.26. The molecule has 1 aliphatic rings. The molecule has 0 radical (unpaired) electrons. The zero-order valence-electron chi connectivity index (χ0n) is 12.8. The second kappa shape index (κ2) is 7.47. The molecule has 20 heavy (non-hydrogen) atoms. The van der Waals surface area contributed by atoms with E-state index in [2.05, 4.69) is 29.5 Å². The maximum absolute atomic E-state index is 11.9. The van der Waals surface area contributed by atoms with Crippen molar-refractivity contribution in [2.75, 3.05) is 13.6 Å². The number of amides is 2. The summed E-state index contributed by atoms with van der Waals surface area (Å²) in [5.74, 6) is -1.07. The Labute approximate surface area is 120 Å². The lowest BCUT2D eigenvalue weighted by Gasteiger charge is -2.35. The predicted molar refractivity (Wildman–Crippen MR) is 77.7 cm³/mol. The van der Waals surface area contributed by atoms with Gasteiger partial charge in [0.1, 0.15) is 6.04 Å². The molecule has 0 bridgehead atoms. The molecule has 0 saturated carbocycles. The van der Waals surface area contributed by atoms with Crippen LogP contribution in [0.3, 0.4) is 0 Å². The van der Waals surface area contributed by atoms with Gasteiger partial charge >= 0.3 is 12.0 Å². The van der Waals surface area contributed by atoms with E-state index in [1.165, 1.54) is 0 Å². The monoisotopic (exact) mass is 285 g/mol. The number of carboxylic acids is 1. The first kappa shape index (κ1) is 16.8. The van der Waals surface area contributed by atoms with E-state index < -0.39 is 12.0 Å². The number of hydrogen-bond acceptors (Lipinski definition) is 3. The van der Waals surface area contributed by atoms with Gasteiger partial charge in [-0.05, 0) is 32.7 Å². The van der Waals surface area contributed by atoms with Gasteiger partial charge in [-0.3, -0.25) is 0 Å². The molecule has 3 N–H and O–H groups in total. The van der Waals surface area contributed by atoms with Gasteiger partial charge in [0.05, 0.1) is 0 Å². The van der Waals surface area contributed by atoms with E-state index >= 15 is 0 Å². The molecule has 4 atom stereocenters. The fourth-order valence-electron chi connectivity index (χ4n) is 2.47. The van der Waals surface area contributed by atoms with Crippen molar-refractivity contribution in [1.82, 2.24) is 15.5 Å². The van der Waals surface area contributed by atoms with Gasteiger partial charge in [-0.15, -0.1) is 0 Å². The highest BCUT2D eigenvalue weighted by molar-refractivity contribution is 5.82. The summed E-state index contributed by atoms with van der Waals surface area (Å²) in [5.41, 5.74) is 0. The summed E-state index contributed by atoms with van der Waals surface area (Å²) in [4.78, 5) is 25.4. The highest BCUT2D eigenvalue weighted by Gasteiger charge is 2.28. The van der Waals surface area contributed by atoms with Crippen molar-refractivity contribution >= 4 is 12.0 Å². The van der Waals surface area contributed by atoms with Crippen molar-refractivity contribution in [3.05, 3.63) is 0 Å². The molecular weight excluding hydrogens is 258 g/mol. The minimum atomic E-state index is -0.980. The zero-order valence-corrected chi connectivity index (χ0v) is 12.8. The van der Waals surface area contributed by atoms with Crippen LogP contribution in [0.25, 0.3) is 0 Å². The second-order valence-corrected chi connectivity index (χ2v) is 5.87. The maximum Gasteiger partial charge on any atom is 0.326 e. The molecule has 6 heteroatoms. The van der Waals surface area contributed by atoms with Gasteiger partial charge in [0.15, 0.2) is 0 Å².